The molecule has 1 aliphatic heterocycles. The number of carbonyl (C=O) groups is 1. The first-order valence-electron chi connectivity index (χ1n) is 8.94. The summed E-state index contributed by atoms with van der Waals surface area (Å²) < 4.78 is 0. The number of rotatable bonds is 6. The fraction of sp³-hybridized carbons (Fsp3) is 0.632. The molecule has 0 aromatic heterocycles. The van der Waals surface area contributed by atoms with Gasteiger partial charge < -0.3 is 10.0 Å². The molecule has 0 radical (unpaired) electrons. The van der Waals surface area contributed by atoms with E-state index in [4.69, 9.17) is 0 Å². The number of carbonyl (C=O) groups excluding carboxylic acids is 1. The molecule has 3 rings (SSSR count). The van der Waals surface area contributed by atoms with Gasteiger partial charge >= 0.3 is 0 Å². The van der Waals surface area contributed by atoms with Gasteiger partial charge in [-0.25, -0.2) is 0 Å². The molecule has 4 heteroatoms. The fourth-order valence-corrected chi connectivity index (χ4v) is 3.60. The molecule has 1 N–H and O–H groups in total. The summed E-state index contributed by atoms with van der Waals surface area (Å²) in [5.74, 6) is 0.513. The second-order valence-corrected chi connectivity index (χ2v) is 6.87. The van der Waals surface area contributed by atoms with Crippen LogP contribution in [0.4, 0.5) is 0 Å². The van der Waals surface area contributed by atoms with Gasteiger partial charge in [0.05, 0.1) is 12.6 Å². The van der Waals surface area contributed by atoms with Crippen molar-refractivity contribution in [3.8, 4) is 0 Å². The molecular formula is C19H28N2O2. The lowest BCUT2D eigenvalue weighted by Crippen LogP contribution is -2.45. The summed E-state index contributed by atoms with van der Waals surface area (Å²) in [6.45, 7) is 5.20. The van der Waals surface area contributed by atoms with Crippen molar-refractivity contribution in [3.63, 3.8) is 0 Å². The molecule has 0 spiro atoms. The second-order valence-electron chi connectivity index (χ2n) is 6.87. The summed E-state index contributed by atoms with van der Waals surface area (Å²) in [7, 11) is 0. The molecule has 0 bridgehead atoms. The third-order valence-corrected chi connectivity index (χ3v) is 5.29. The molecule has 2 fully saturated rings. The van der Waals surface area contributed by atoms with Crippen molar-refractivity contribution >= 4 is 5.91 Å². The number of aliphatic hydroxyl groups is 1. The van der Waals surface area contributed by atoms with Gasteiger partial charge in [0.15, 0.2) is 0 Å². The molecule has 126 valence electrons. The molecule has 1 unspecified atom stereocenters. The number of nitrogens with zero attached hydrogens (tertiary/aromatic N) is 2. The lowest BCUT2D eigenvalue weighted by Gasteiger charge is -2.35. The Morgan fingerprint density at radius 2 is 1.87 bits per heavy atom. The summed E-state index contributed by atoms with van der Waals surface area (Å²) in [4.78, 5) is 16.8. The van der Waals surface area contributed by atoms with Gasteiger partial charge in [0.2, 0.25) is 5.91 Å². The highest BCUT2D eigenvalue weighted by atomic mass is 16.3. The molecule has 1 aromatic carbocycles. The number of amides is 1. The normalized spacial score (nSPS) is 20.7. The molecule has 1 saturated carbocycles. The van der Waals surface area contributed by atoms with Crippen LogP contribution < -0.4 is 0 Å². The largest absolute Gasteiger partial charge is 0.388 e. The van der Waals surface area contributed by atoms with Crippen LogP contribution in [-0.4, -0.2) is 53.0 Å². The molecule has 1 amide bonds. The Labute approximate surface area is 139 Å². The summed E-state index contributed by atoms with van der Waals surface area (Å²) in [5, 5.41) is 10.5. The standard InChI is InChI=1S/C19H28N2O2/c1-2-20(17-8-9-17)14-18(22)21-12-10-16(11-13-21)19(23)15-6-4-3-5-7-15/h3-7,16-17,19,23H,2,8-14H2,1H3. The second kappa shape index (κ2) is 7.45. The maximum atomic E-state index is 12.5. The Hall–Kier alpha value is -1.39. The lowest BCUT2D eigenvalue weighted by molar-refractivity contribution is -0.134. The Morgan fingerprint density at radius 3 is 2.43 bits per heavy atom. The van der Waals surface area contributed by atoms with E-state index in [0.717, 1.165) is 38.0 Å². The van der Waals surface area contributed by atoms with Crippen molar-refractivity contribution in [2.45, 2.75) is 44.8 Å². The van der Waals surface area contributed by atoms with Crippen molar-refractivity contribution in [1.82, 2.24) is 9.80 Å². The summed E-state index contributed by atoms with van der Waals surface area (Å²) in [6, 6.07) is 10.5. The van der Waals surface area contributed by atoms with Crippen LogP contribution in [-0.2, 0) is 4.79 Å². The number of likely N-dealkylation sites (tertiary alicyclic amines) is 1. The van der Waals surface area contributed by atoms with Gasteiger partial charge in [-0.1, -0.05) is 37.3 Å². The van der Waals surface area contributed by atoms with E-state index < -0.39 is 6.10 Å². The minimum atomic E-state index is -0.410. The molecule has 4 nitrogen and oxygen atoms in total. The van der Waals surface area contributed by atoms with E-state index in [-0.39, 0.29) is 11.8 Å². The van der Waals surface area contributed by atoms with Crippen molar-refractivity contribution < 1.29 is 9.90 Å². The highest BCUT2D eigenvalue weighted by Crippen LogP contribution is 2.31. The van der Waals surface area contributed by atoms with E-state index in [2.05, 4.69) is 11.8 Å². The van der Waals surface area contributed by atoms with Gasteiger partial charge in [-0.2, -0.15) is 0 Å². The molecule has 1 atom stereocenters. The van der Waals surface area contributed by atoms with Crippen molar-refractivity contribution in [1.29, 1.82) is 0 Å². The van der Waals surface area contributed by atoms with Crippen LogP contribution in [0.2, 0.25) is 0 Å². The Kier molecular flexibility index (Phi) is 5.34. The van der Waals surface area contributed by atoms with Gasteiger partial charge in [0.1, 0.15) is 0 Å². The van der Waals surface area contributed by atoms with Crippen LogP contribution in [0, 0.1) is 5.92 Å². The number of piperidine rings is 1. The highest BCUT2D eigenvalue weighted by Gasteiger charge is 2.32. The van der Waals surface area contributed by atoms with E-state index in [9.17, 15) is 9.90 Å². The van der Waals surface area contributed by atoms with Crippen LogP contribution in [0.15, 0.2) is 30.3 Å². The number of hydrogen-bond acceptors (Lipinski definition) is 3. The predicted molar refractivity (Wildman–Crippen MR) is 91.0 cm³/mol. The first kappa shape index (κ1) is 16.5. The molecule has 1 aromatic rings. The van der Waals surface area contributed by atoms with Crippen LogP contribution in [0.25, 0.3) is 0 Å². The van der Waals surface area contributed by atoms with Crippen molar-refractivity contribution in [3.05, 3.63) is 35.9 Å². The minimum Gasteiger partial charge on any atom is -0.388 e. The van der Waals surface area contributed by atoms with Gasteiger partial charge in [0, 0.05) is 19.1 Å². The van der Waals surface area contributed by atoms with Gasteiger partial charge in [0.25, 0.3) is 0 Å². The highest BCUT2D eigenvalue weighted by molar-refractivity contribution is 5.78. The van der Waals surface area contributed by atoms with Crippen molar-refractivity contribution in [2.24, 2.45) is 5.92 Å². The number of benzene rings is 1. The summed E-state index contributed by atoms with van der Waals surface area (Å²) in [6.07, 6.45) is 3.85. The molecular weight excluding hydrogens is 288 g/mol. The zero-order valence-corrected chi connectivity index (χ0v) is 14.0. The first-order valence-corrected chi connectivity index (χ1v) is 8.94. The Balaban J connectivity index is 1.49. The number of likely N-dealkylation sites (N-methyl/N-ethyl adjacent to an activating group) is 1. The summed E-state index contributed by atoms with van der Waals surface area (Å²) >= 11 is 0. The molecule has 2 aliphatic rings. The molecule has 1 heterocycles. The van der Waals surface area contributed by atoms with Gasteiger partial charge in [-0.05, 0) is 43.7 Å². The molecule has 1 aliphatic carbocycles. The number of aliphatic hydroxyl groups excluding tert-OH is 1. The maximum Gasteiger partial charge on any atom is 0.236 e. The van der Waals surface area contributed by atoms with E-state index in [1.165, 1.54) is 12.8 Å². The van der Waals surface area contributed by atoms with Gasteiger partial charge in [-0.3, -0.25) is 9.69 Å². The van der Waals surface area contributed by atoms with Gasteiger partial charge in [-0.15, -0.1) is 0 Å². The zero-order valence-electron chi connectivity index (χ0n) is 14.0. The van der Waals surface area contributed by atoms with E-state index >= 15 is 0 Å². The van der Waals surface area contributed by atoms with Crippen LogP contribution in [0.3, 0.4) is 0 Å². The fourth-order valence-electron chi connectivity index (χ4n) is 3.60. The van der Waals surface area contributed by atoms with E-state index in [1.54, 1.807) is 0 Å². The van der Waals surface area contributed by atoms with Crippen LogP contribution >= 0.6 is 0 Å². The molecule has 1 saturated heterocycles. The third kappa shape index (κ3) is 4.12. The number of hydrogen-bond donors (Lipinski definition) is 1. The topological polar surface area (TPSA) is 43.8 Å². The van der Waals surface area contributed by atoms with E-state index in [1.807, 2.05) is 35.2 Å². The summed E-state index contributed by atoms with van der Waals surface area (Å²) in [5.41, 5.74) is 0.989. The average Bonchev–Trinajstić information content (AvgIpc) is 3.44. The third-order valence-electron chi connectivity index (χ3n) is 5.29. The Bertz CT molecular complexity index is 507. The smallest absolute Gasteiger partial charge is 0.236 e. The van der Waals surface area contributed by atoms with Crippen LogP contribution in [0.1, 0.15) is 44.3 Å². The predicted octanol–water partition coefficient (Wildman–Crippen LogP) is 2.44. The SMILES string of the molecule is CCN(CC(=O)N1CCC(C(O)c2ccccc2)CC1)C1CC1. The minimum absolute atomic E-state index is 0.256. The molecule has 23 heavy (non-hydrogen) atoms. The van der Waals surface area contributed by atoms with Crippen molar-refractivity contribution in [2.75, 3.05) is 26.2 Å². The average molecular weight is 316 g/mol. The lowest BCUT2D eigenvalue weighted by atomic mass is 9.87. The van der Waals surface area contributed by atoms with E-state index in [0.29, 0.717) is 12.6 Å². The monoisotopic (exact) mass is 316 g/mol. The first-order chi connectivity index (χ1) is 11.2. The van der Waals surface area contributed by atoms with Crippen LogP contribution in [0.5, 0.6) is 0 Å². The maximum absolute atomic E-state index is 12.5. The zero-order chi connectivity index (χ0) is 16.2. The Morgan fingerprint density at radius 1 is 1.22 bits per heavy atom. The quantitative estimate of drug-likeness (QED) is 0.877.